The van der Waals surface area contributed by atoms with Gasteiger partial charge in [0.1, 0.15) is 0 Å². The van der Waals surface area contributed by atoms with Crippen LogP contribution in [0.4, 0.5) is 0 Å². The van der Waals surface area contributed by atoms with Crippen LogP contribution in [0.5, 0.6) is 0 Å². The zero-order valence-corrected chi connectivity index (χ0v) is 5.76. The number of rotatable bonds is 1. The van der Waals surface area contributed by atoms with Crippen molar-refractivity contribution in [2.24, 2.45) is 5.73 Å². The molecule has 2 atom stereocenters. The van der Waals surface area contributed by atoms with E-state index in [0.717, 1.165) is 19.5 Å². The van der Waals surface area contributed by atoms with E-state index >= 15 is 0 Å². The molecular formula is C6H14N2O. The number of hydrogen-bond acceptors (Lipinski definition) is 3. The molecule has 0 radical (unpaired) electrons. The fourth-order valence-corrected chi connectivity index (χ4v) is 1.15. The van der Waals surface area contributed by atoms with Crippen LogP contribution in [0.1, 0.15) is 6.42 Å². The summed E-state index contributed by atoms with van der Waals surface area (Å²) in [5, 5.41) is 3.19. The number of nitrogens with one attached hydrogen (secondary N) is 1. The predicted octanol–water partition coefficient (Wildman–Crippen LogP) is -0.678. The van der Waals surface area contributed by atoms with Crippen LogP contribution in [-0.4, -0.2) is 32.3 Å². The molecule has 1 rings (SSSR count). The minimum Gasteiger partial charge on any atom is -0.380 e. The van der Waals surface area contributed by atoms with Crippen LogP contribution in [0.2, 0.25) is 0 Å². The van der Waals surface area contributed by atoms with Crippen LogP contribution in [0, 0.1) is 0 Å². The van der Waals surface area contributed by atoms with Crippen molar-refractivity contribution in [3.05, 3.63) is 0 Å². The zero-order valence-electron chi connectivity index (χ0n) is 5.76. The van der Waals surface area contributed by atoms with Crippen LogP contribution in [0.25, 0.3) is 0 Å². The van der Waals surface area contributed by atoms with Gasteiger partial charge in [0.2, 0.25) is 0 Å². The average molecular weight is 130 g/mol. The highest BCUT2D eigenvalue weighted by molar-refractivity contribution is 4.80. The van der Waals surface area contributed by atoms with E-state index in [-0.39, 0.29) is 12.1 Å². The van der Waals surface area contributed by atoms with Gasteiger partial charge in [0.05, 0.1) is 6.10 Å². The van der Waals surface area contributed by atoms with Gasteiger partial charge in [0, 0.05) is 19.7 Å². The van der Waals surface area contributed by atoms with Crippen molar-refractivity contribution in [2.45, 2.75) is 18.6 Å². The van der Waals surface area contributed by atoms with Crippen molar-refractivity contribution in [2.75, 3.05) is 20.2 Å². The Kier molecular flexibility index (Phi) is 2.45. The van der Waals surface area contributed by atoms with Crippen molar-refractivity contribution in [1.29, 1.82) is 0 Å². The molecule has 54 valence electrons. The Bertz CT molecular complexity index is 87.1. The van der Waals surface area contributed by atoms with Gasteiger partial charge in [0.15, 0.2) is 0 Å². The zero-order chi connectivity index (χ0) is 6.69. The molecule has 0 unspecified atom stereocenters. The number of hydrogen-bond donors (Lipinski definition) is 2. The molecule has 0 bridgehead atoms. The van der Waals surface area contributed by atoms with Gasteiger partial charge in [0.25, 0.3) is 0 Å². The molecule has 0 spiro atoms. The van der Waals surface area contributed by atoms with E-state index in [4.69, 9.17) is 10.5 Å². The van der Waals surface area contributed by atoms with Gasteiger partial charge in [-0.3, -0.25) is 0 Å². The maximum absolute atomic E-state index is 5.70. The molecular weight excluding hydrogens is 116 g/mol. The molecule has 1 fully saturated rings. The second-order valence-electron chi connectivity index (χ2n) is 2.43. The molecule has 9 heavy (non-hydrogen) atoms. The maximum atomic E-state index is 5.70. The third-order valence-corrected chi connectivity index (χ3v) is 1.77. The summed E-state index contributed by atoms with van der Waals surface area (Å²) in [5.41, 5.74) is 5.70. The highest BCUT2D eigenvalue weighted by atomic mass is 16.5. The molecule has 1 heterocycles. The van der Waals surface area contributed by atoms with Crippen LogP contribution in [0.3, 0.4) is 0 Å². The first-order chi connectivity index (χ1) is 4.34. The fourth-order valence-electron chi connectivity index (χ4n) is 1.15. The summed E-state index contributed by atoms with van der Waals surface area (Å²) in [7, 11) is 1.72. The molecule has 0 aliphatic carbocycles. The lowest BCUT2D eigenvalue weighted by molar-refractivity contribution is 0.0606. The third kappa shape index (κ3) is 1.64. The summed E-state index contributed by atoms with van der Waals surface area (Å²) in [6.45, 7) is 1.92. The maximum Gasteiger partial charge on any atom is 0.0746 e. The van der Waals surface area contributed by atoms with E-state index in [2.05, 4.69) is 5.32 Å². The average Bonchev–Trinajstić information content (AvgIpc) is 1.89. The lowest BCUT2D eigenvalue weighted by Crippen LogP contribution is -2.49. The molecule has 0 aromatic rings. The quantitative estimate of drug-likeness (QED) is 0.494. The number of piperidine rings is 1. The van der Waals surface area contributed by atoms with Gasteiger partial charge < -0.3 is 15.8 Å². The Morgan fingerprint density at radius 2 is 2.44 bits per heavy atom. The van der Waals surface area contributed by atoms with Crippen molar-refractivity contribution in [3.8, 4) is 0 Å². The molecule has 3 N–H and O–H groups in total. The SMILES string of the molecule is CO[C@@H]1CCNC[C@@H]1N. The van der Waals surface area contributed by atoms with E-state index < -0.39 is 0 Å². The molecule has 3 heteroatoms. The topological polar surface area (TPSA) is 47.3 Å². The largest absolute Gasteiger partial charge is 0.380 e. The first kappa shape index (κ1) is 6.99. The van der Waals surface area contributed by atoms with Gasteiger partial charge in [-0.2, -0.15) is 0 Å². The summed E-state index contributed by atoms with van der Waals surface area (Å²) < 4.78 is 5.14. The molecule has 0 amide bonds. The van der Waals surface area contributed by atoms with Gasteiger partial charge >= 0.3 is 0 Å². The number of ether oxygens (including phenoxy) is 1. The number of methoxy groups -OCH3 is 1. The van der Waals surface area contributed by atoms with Crippen LogP contribution in [0.15, 0.2) is 0 Å². The minimum atomic E-state index is 0.184. The van der Waals surface area contributed by atoms with E-state index in [0.29, 0.717) is 0 Å². The first-order valence-electron chi connectivity index (χ1n) is 3.33. The van der Waals surface area contributed by atoms with Gasteiger partial charge in [-0.05, 0) is 13.0 Å². The van der Waals surface area contributed by atoms with Crippen LogP contribution < -0.4 is 11.1 Å². The second-order valence-corrected chi connectivity index (χ2v) is 2.43. The minimum absolute atomic E-state index is 0.184. The van der Waals surface area contributed by atoms with Crippen molar-refractivity contribution in [1.82, 2.24) is 5.32 Å². The lowest BCUT2D eigenvalue weighted by Gasteiger charge is -2.27. The van der Waals surface area contributed by atoms with Crippen LogP contribution >= 0.6 is 0 Å². The number of nitrogens with two attached hydrogens (primary N) is 1. The van der Waals surface area contributed by atoms with Gasteiger partial charge in [-0.25, -0.2) is 0 Å². The second kappa shape index (κ2) is 3.15. The Morgan fingerprint density at radius 3 is 2.89 bits per heavy atom. The van der Waals surface area contributed by atoms with E-state index in [1.165, 1.54) is 0 Å². The van der Waals surface area contributed by atoms with E-state index in [1.807, 2.05) is 0 Å². The highest BCUT2D eigenvalue weighted by Crippen LogP contribution is 2.03. The van der Waals surface area contributed by atoms with E-state index in [9.17, 15) is 0 Å². The summed E-state index contributed by atoms with van der Waals surface area (Å²) in [6, 6.07) is 0.184. The Balaban J connectivity index is 2.30. The molecule has 0 aromatic heterocycles. The summed E-state index contributed by atoms with van der Waals surface area (Å²) in [5.74, 6) is 0. The van der Waals surface area contributed by atoms with Gasteiger partial charge in [-0.15, -0.1) is 0 Å². The Labute approximate surface area is 55.6 Å². The fraction of sp³-hybridized carbons (Fsp3) is 1.00. The first-order valence-corrected chi connectivity index (χ1v) is 3.33. The lowest BCUT2D eigenvalue weighted by atomic mass is 10.1. The Hall–Kier alpha value is -0.120. The standard InChI is InChI=1S/C6H14N2O/c1-9-6-2-3-8-4-5(6)7/h5-6,8H,2-4,7H2,1H3/t5-,6+/m0/s1. The summed E-state index contributed by atoms with van der Waals surface area (Å²) >= 11 is 0. The normalized spacial score (nSPS) is 36.7. The monoisotopic (exact) mass is 130 g/mol. The molecule has 0 aromatic carbocycles. The Morgan fingerprint density at radius 1 is 1.67 bits per heavy atom. The van der Waals surface area contributed by atoms with Crippen molar-refractivity contribution in [3.63, 3.8) is 0 Å². The van der Waals surface area contributed by atoms with Crippen molar-refractivity contribution >= 4 is 0 Å². The molecule has 0 saturated carbocycles. The van der Waals surface area contributed by atoms with Crippen LogP contribution in [-0.2, 0) is 4.74 Å². The molecule has 3 nitrogen and oxygen atoms in total. The molecule has 1 aliphatic heterocycles. The van der Waals surface area contributed by atoms with Gasteiger partial charge in [-0.1, -0.05) is 0 Å². The highest BCUT2D eigenvalue weighted by Gasteiger charge is 2.19. The summed E-state index contributed by atoms with van der Waals surface area (Å²) in [6.07, 6.45) is 1.31. The third-order valence-electron chi connectivity index (χ3n) is 1.77. The predicted molar refractivity (Wildman–Crippen MR) is 36.3 cm³/mol. The molecule has 1 aliphatic rings. The van der Waals surface area contributed by atoms with E-state index in [1.54, 1.807) is 7.11 Å². The summed E-state index contributed by atoms with van der Waals surface area (Å²) in [4.78, 5) is 0. The smallest absolute Gasteiger partial charge is 0.0746 e. The molecule has 1 saturated heterocycles. The van der Waals surface area contributed by atoms with Crippen molar-refractivity contribution < 1.29 is 4.74 Å².